The van der Waals surface area contributed by atoms with Crippen molar-refractivity contribution in [3.05, 3.63) is 50.6 Å². The van der Waals surface area contributed by atoms with E-state index in [0.717, 1.165) is 16.6 Å². The molecule has 0 radical (unpaired) electrons. The Morgan fingerprint density at radius 1 is 1.36 bits per heavy atom. The van der Waals surface area contributed by atoms with E-state index < -0.39 is 4.92 Å². The summed E-state index contributed by atoms with van der Waals surface area (Å²) in [5.41, 5.74) is 0.593. The third-order valence-electron chi connectivity index (χ3n) is 3.08. The van der Waals surface area contributed by atoms with Crippen molar-refractivity contribution < 1.29 is 4.92 Å². The summed E-state index contributed by atoms with van der Waals surface area (Å²) in [7, 11) is 0. The summed E-state index contributed by atoms with van der Waals surface area (Å²) in [6.45, 7) is 2.06. The first-order valence-corrected chi connectivity index (χ1v) is 7.73. The Hall–Kier alpha value is -2.25. The van der Waals surface area contributed by atoms with Crippen LogP contribution < -0.4 is 5.32 Å². The minimum Gasteiger partial charge on any atom is -0.339 e. The largest absolute Gasteiger partial charge is 0.339 e. The van der Waals surface area contributed by atoms with Crippen LogP contribution in [0.1, 0.15) is 11.8 Å². The van der Waals surface area contributed by atoms with Crippen molar-refractivity contribution in [2.24, 2.45) is 0 Å². The first kappa shape index (κ1) is 14.7. The number of non-ortho nitro benzene ring substituents is 1. The van der Waals surface area contributed by atoms with Crippen LogP contribution in [0, 0.1) is 10.1 Å². The predicted octanol–water partition coefficient (Wildman–Crippen LogP) is 4.56. The second-order valence-corrected chi connectivity index (χ2v) is 6.01. The smallest absolute Gasteiger partial charge is 0.271 e. The van der Waals surface area contributed by atoms with Crippen molar-refractivity contribution >= 4 is 50.3 Å². The number of nitro groups is 1. The lowest BCUT2D eigenvalue weighted by Gasteiger charge is -2.06. The Kier molecular flexibility index (Phi) is 3.91. The molecule has 3 aromatic rings. The normalized spacial score (nSPS) is 10.8. The SMILES string of the molecule is CCc1cc2c(Nc3cccc([N+](=O)[O-])c3)nc(Cl)nc2s1. The number of nitrogens with zero attached hydrogens (tertiary/aromatic N) is 3. The van der Waals surface area contributed by atoms with Gasteiger partial charge in [0.05, 0.1) is 10.3 Å². The lowest BCUT2D eigenvalue weighted by atomic mass is 10.2. The van der Waals surface area contributed by atoms with Gasteiger partial charge in [-0.3, -0.25) is 10.1 Å². The fourth-order valence-corrected chi connectivity index (χ4v) is 3.24. The molecule has 0 aliphatic heterocycles. The van der Waals surface area contributed by atoms with Gasteiger partial charge in [0, 0.05) is 22.7 Å². The van der Waals surface area contributed by atoms with Crippen molar-refractivity contribution in [2.45, 2.75) is 13.3 Å². The van der Waals surface area contributed by atoms with Crippen LogP contribution in [0.15, 0.2) is 30.3 Å². The van der Waals surface area contributed by atoms with Crippen LogP contribution in [0.4, 0.5) is 17.2 Å². The zero-order valence-electron chi connectivity index (χ0n) is 11.5. The van der Waals surface area contributed by atoms with Crippen LogP contribution >= 0.6 is 22.9 Å². The van der Waals surface area contributed by atoms with Crippen molar-refractivity contribution in [1.29, 1.82) is 0 Å². The van der Waals surface area contributed by atoms with Gasteiger partial charge < -0.3 is 5.32 Å². The molecular weight excluding hydrogens is 324 g/mol. The highest BCUT2D eigenvalue weighted by Crippen LogP contribution is 2.32. The number of aromatic nitrogens is 2. The van der Waals surface area contributed by atoms with E-state index >= 15 is 0 Å². The molecule has 112 valence electrons. The zero-order valence-corrected chi connectivity index (χ0v) is 13.1. The molecule has 0 saturated heterocycles. The summed E-state index contributed by atoms with van der Waals surface area (Å²) in [6, 6.07) is 8.26. The van der Waals surface area contributed by atoms with Gasteiger partial charge in [-0.1, -0.05) is 13.0 Å². The molecule has 3 rings (SSSR count). The molecule has 0 bridgehead atoms. The number of anilines is 2. The molecule has 6 nitrogen and oxygen atoms in total. The lowest BCUT2D eigenvalue weighted by Crippen LogP contribution is -1.97. The minimum absolute atomic E-state index is 0.0148. The summed E-state index contributed by atoms with van der Waals surface area (Å²) < 4.78 is 0. The summed E-state index contributed by atoms with van der Waals surface area (Å²) in [5, 5.41) is 14.9. The number of aryl methyl sites for hydroxylation is 1. The molecule has 2 heterocycles. The van der Waals surface area contributed by atoms with Crippen LogP contribution in [0.25, 0.3) is 10.2 Å². The first-order valence-electron chi connectivity index (χ1n) is 6.54. The minimum atomic E-state index is -0.437. The Morgan fingerprint density at radius 3 is 2.91 bits per heavy atom. The van der Waals surface area contributed by atoms with E-state index in [1.54, 1.807) is 23.5 Å². The fourth-order valence-electron chi connectivity index (χ4n) is 2.05. The second-order valence-electron chi connectivity index (χ2n) is 4.56. The van der Waals surface area contributed by atoms with Gasteiger partial charge >= 0.3 is 0 Å². The van der Waals surface area contributed by atoms with Gasteiger partial charge in [-0.2, -0.15) is 4.98 Å². The number of halogens is 1. The molecule has 2 aromatic heterocycles. The molecule has 0 saturated carbocycles. The maximum Gasteiger partial charge on any atom is 0.271 e. The number of hydrogen-bond donors (Lipinski definition) is 1. The molecule has 0 unspecified atom stereocenters. The standard InChI is InChI=1S/C14H11ClN4O2S/c1-2-10-7-11-12(17-14(15)18-13(11)22-10)16-8-4-3-5-9(6-8)19(20)21/h3-7H,2H2,1H3,(H,16,17,18). The average molecular weight is 335 g/mol. The van der Waals surface area contributed by atoms with E-state index in [2.05, 4.69) is 22.2 Å². The molecule has 8 heteroatoms. The van der Waals surface area contributed by atoms with Crippen LogP contribution in [0.2, 0.25) is 5.28 Å². The number of hydrogen-bond acceptors (Lipinski definition) is 6. The highest BCUT2D eigenvalue weighted by molar-refractivity contribution is 7.18. The third-order valence-corrected chi connectivity index (χ3v) is 4.43. The number of nitrogens with one attached hydrogen (secondary N) is 1. The Labute approximate surface area is 134 Å². The molecule has 0 aliphatic rings. The monoisotopic (exact) mass is 334 g/mol. The van der Waals surface area contributed by atoms with Crippen LogP contribution in [-0.4, -0.2) is 14.9 Å². The van der Waals surface area contributed by atoms with Gasteiger partial charge in [-0.15, -0.1) is 11.3 Å². The van der Waals surface area contributed by atoms with E-state index in [4.69, 9.17) is 11.6 Å². The van der Waals surface area contributed by atoms with Gasteiger partial charge in [0.25, 0.3) is 5.69 Å². The molecule has 0 amide bonds. The number of benzene rings is 1. The molecule has 1 aromatic carbocycles. The van der Waals surface area contributed by atoms with Gasteiger partial charge in [0.1, 0.15) is 10.6 Å². The summed E-state index contributed by atoms with van der Waals surface area (Å²) >= 11 is 7.52. The van der Waals surface area contributed by atoms with E-state index in [-0.39, 0.29) is 11.0 Å². The third kappa shape index (κ3) is 2.86. The van der Waals surface area contributed by atoms with Crippen LogP contribution in [0.3, 0.4) is 0 Å². The van der Waals surface area contributed by atoms with Crippen molar-refractivity contribution in [1.82, 2.24) is 9.97 Å². The topological polar surface area (TPSA) is 81.0 Å². The number of thiophene rings is 1. The Balaban J connectivity index is 2.04. The molecule has 22 heavy (non-hydrogen) atoms. The summed E-state index contributed by atoms with van der Waals surface area (Å²) in [4.78, 5) is 20.8. The summed E-state index contributed by atoms with van der Waals surface area (Å²) in [5.74, 6) is 0.548. The van der Waals surface area contributed by atoms with Crippen molar-refractivity contribution in [3.63, 3.8) is 0 Å². The van der Waals surface area contributed by atoms with Gasteiger partial charge in [-0.25, -0.2) is 4.98 Å². The first-order chi connectivity index (χ1) is 10.6. The Morgan fingerprint density at radius 2 is 2.18 bits per heavy atom. The highest BCUT2D eigenvalue weighted by Gasteiger charge is 2.12. The lowest BCUT2D eigenvalue weighted by molar-refractivity contribution is -0.384. The second kappa shape index (κ2) is 5.86. The van der Waals surface area contributed by atoms with Crippen LogP contribution in [-0.2, 0) is 6.42 Å². The van der Waals surface area contributed by atoms with E-state index in [9.17, 15) is 10.1 Å². The quantitative estimate of drug-likeness (QED) is 0.429. The van der Waals surface area contributed by atoms with E-state index in [0.29, 0.717) is 11.5 Å². The Bertz CT molecular complexity index is 865. The highest BCUT2D eigenvalue weighted by atomic mass is 35.5. The van der Waals surface area contributed by atoms with Crippen molar-refractivity contribution in [2.75, 3.05) is 5.32 Å². The molecule has 0 atom stereocenters. The van der Waals surface area contributed by atoms with E-state index in [1.807, 2.05) is 6.07 Å². The predicted molar refractivity (Wildman–Crippen MR) is 88.2 cm³/mol. The van der Waals surface area contributed by atoms with E-state index in [1.165, 1.54) is 17.0 Å². The molecule has 1 N–H and O–H groups in total. The zero-order chi connectivity index (χ0) is 15.7. The number of rotatable bonds is 4. The molecule has 0 aliphatic carbocycles. The molecular formula is C14H11ClN4O2S. The van der Waals surface area contributed by atoms with Crippen molar-refractivity contribution in [3.8, 4) is 0 Å². The summed E-state index contributed by atoms with van der Waals surface area (Å²) in [6.07, 6.45) is 0.898. The van der Waals surface area contributed by atoms with Gasteiger partial charge in [0.15, 0.2) is 0 Å². The fraction of sp³-hybridized carbons (Fsp3) is 0.143. The maximum atomic E-state index is 10.8. The average Bonchev–Trinajstić information content (AvgIpc) is 2.90. The van der Waals surface area contributed by atoms with Gasteiger partial charge in [-0.05, 0) is 30.2 Å². The molecule has 0 fully saturated rings. The molecule has 0 spiro atoms. The number of fused-ring (bicyclic) bond motifs is 1. The maximum absolute atomic E-state index is 10.8. The number of nitro benzene ring substituents is 1. The van der Waals surface area contributed by atoms with Gasteiger partial charge in [0.2, 0.25) is 5.28 Å². The van der Waals surface area contributed by atoms with Crippen LogP contribution in [0.5, 0.6) is 0 Å².